The molecule has 0 aromatic heterocycles. The van der Waals surface area contributed by atoms with Gasteiger partial charge in [-0.05, 0) is 68.3 Å². The summed E-state index contributed by atoms with van der Waals surface area (Å²) in [4.78, 5) is 16.0. The second kappa shape index (κ2) is 11.5. The van der Waals surface area contributed by atoms with Crippen molar-refractivity contribution in [2.24, 2.45) is 0 Å². The van der Waals surface area contributed by atoms with Crippen LogP contribution < -0.4 is 4.18 Å². The van der Waals surface area contributed by atoms with E-state index in [0.29, 0.717) is 18.0 Å². The molecule has 0 atom stereocenters. The standard InChI is InChI=1S/C26H26F3NO5S2/c1-25(2,3)34-24(31)30(17-19-7-5-4-6-8-19)18-20-9-13-22(14-10-20)36-23-15-11-21(12-16-23)35-37(32,33)26(27,28)29/h4-16H,17-18H2,1-3H3. The Bertz CT molecular complexity index is 1290. The van der Waals surface area contributed by atoms with Crippen molar-refractivity contribution in [1.82, 2.24) is 4.90 Å². The molecule has 0 unspecified atom stereocenters. The van der Waals surface area contributed by atoms with E-state index in [2.05, 4.69) is 4.18 Å². The van der Waals surface area contributed by atoms with Gasteiger partial charge in [0.2, 0.25) is 0 Å². The lowest BCUT2D eigenvalue weighted by atomic mass is 10.1. The molecule has 0 saturated carbocycles. The first-order valence-corrected chi connectivity index (χ1v) is 13.3. The summed E-state index contributed by atoms with van der Waals surface area (Å²) in [5.74, 6) is -0.433. The zero-order valence-corrected chi connectivity index (χ0v) is 22.0. The maximum atomic E-state index is 12.8. The highest BCUT2D eigenvalue weighted by Gasteiger charge is 2.48. The van der Waals surface area contributed by atoms with E-state index in [1.807, 2.05) is 75.4 Å². The number of hydrogen-bond acceptors (Lipinski definition) is 6. The number of amides is 1. The second-order valence-electron chi connectivity index (χ2n) is 9.02. The normalized spacial score (nSPS) is 12.2. The molecule has 0 aliphatic carbocycles. The van der Waals surface area contributed by atoms with Crippen LogP contribution in [-0.2, 0) is 27.9 Å². The number of rotatable bonds is 8. The monoisotopic (exact) mass is 553 g/mol. The molecule has 0 heterocycles. The highest BCUT2D eigenvalue weighted by molar-refractivity contribution is 7.99. The summed E-state index contributed by atoms with van der Waals surface area (Å²) in [5, 5.41) is 0. The van der Waals surface area contributed by atoms with Crippen molar-refractivity contribution in [2.45, 2.75) is 54.8 Å². The molecule has 37 heavy (non-hydrogen) atoms. The Balaban J connectivity index is 1.67. The minimum atomic E-state index is -5.72. The summed E-state index contributed by atoms with van der Waals surface area (Å²) < 4.78 is 69.4. The van der Waals surface area contributed by atoms with Crippen molar-refractivity contribution in [1.29, 1.82) is 0 Å². The minimum Gasteiger partial charge on any atom is -0.444 e. The van der Waals surface area contributed by atoms with Gasteiger partial charge in [0.25, 0.3) is 0 Å². The van der Waals surface area contributed by atoms with Gasteiger partial charge in [0.1, 0.15) is 11.4 Å². The summed E-state index contributed by atoms with van der Waals surface area (Å²) in [6.45, 7) is 6.14. The highest BCUT2D eigenvalue weighted by atomic mass is 32.2. The van der Waals surface area contributed by atoms with E-state index < -0.39 is 33.1 Å². The van der Waals surface area contributed by atoms with E-state index in [1.165, 1.54) is 23.9 Å². The number of benzene rings is 3. The zero-order valence-electron chi connectivity index (χ0n) is 20.4. The lowest BCUT2D eigenvalue weighted by molar-refractivity contribution is -0.0500. The Morgan fingerprint density at radius 2 is 1.30 bits per heavy atom. The molecule has 0 saturated heterocycles. The van der Waals surface area contributed by atoms with Crippen LogP contribution in [0.1, 0.15) is 31.9 Å². The second-order valence-corrected chi connectivity index (χ2v) is 11.7. The molecule has 0 aliphatic heterocycles. The Kier molecular flexibility index (Phi) is 8.80. The van der Waals surface area contributed by atoms with E-state index in [0.717, 1.165) is 28.2 Å². The van der Waals surface area contributed by atoms with Gasteiger partial charge in [-0.2, -0.15) is 21.6 Å². The molecule has 3 aromatic rings. The van der Waals surface area contributed by atoms with Crippen molar-refractivity contribution >= 4 is 28.0 Å². The van der Waals surface area contributed by atoms with Crippen LogP contribution in [0.4, 0.5) is 18.0 Å². The maximum absolute atomic E-state index is 12.8. The third-order valence-corrected chi connectivity index (χ3v) is 6.71. The molecule has 0 N–H and O–H groups in total. The van der Waals surface area contributed by atoms with Gasteiger partial charge in [-0.1, -0.05) is 54.2 Å². The Labute approximate surface area is 218 Å². The topological polar surface area (TPSA) is 72.9 Å². The molecule has 1 amide bonds. The summed E-state index contributed by atoms with van der Waals surface area (Å²) in [5.41, 5.74) is -4.28. The van der Waals surface area contributed by atoms with Crippen LogP contribution in [0.15, 0.2) is 88.7 Å². The van der Waals surface area contributed by atoms with Crippen LogP contribution in [0.2, 0.25) is 0 Å². The van der Waals surface area contributed by atoms with Crippen LogP contribution in [0.25, 0.3) is 0 Å². The molecule has 0 bridgehead atoms. The van der Waals surface area contributed by atoms with Crippen LogP contribution >= 0.6 is 11.8 Å². The van der Waals surface area contributed by atoms with Gasteiger partial charge in [0.15, 0.2) is 0 Å². The smallest absolute Gasteiger partial charge is 0.444 e. The van der Waals surface area contributed by atoms with Crippen LogP contribution in [0.3, 0.4) is 0 Å². The SMILES string of the molecule is CC(C)(C)OC(=O)N(Cc1ccccc1)Cc1ccc(Sc2ccc(OS(=O)(=O)C(F)(F)F)cc2)cc1. The first kappa shape index (κ1) is 28.4. The zero-order chi connectivity index (χ0) is 27.3. The number of hydrogen-bond donors (Lipinski definition) is 0. The van der Waals surface area contributed by atoms with Crippen molar-refractivity contribution < 1.29 is 35.3 Å². The molecule has 3 aromatic carbocycles. The number of alkyl halides is 3. The largest absolute Gasteiger partial charge is 0.534 e. The summed E-state index contributed by atoms with van der Waals surface area (Å²) in [6, 6.07) is 22.3. The fourth-order valence-electron chi connectivity index (χ4n) is 3.07. The van der Waals surface area contributed by atoms with Gasteiger partial charge >= 0.3 is 21.7 Å². The molecule has 198 valence electrons. The van der Waals surface area contributed by atoms with Gasteiger partial charge in [-0.25, -0.2) is 4.79 Å². The van der Waals surface area contributed by atoms with Crippen molar-refractivity contribution in [3.8, 4) is 5.75 Å². The maximum Gasteiger partial charge on any atom is 0.534 e. The van der Waals surface area contributed by atoms with Gasteiger partial charge in [-0.15, -0.1) is 0 Å². The molecule has 0 aliphatic rings. The fourth-order valence-corrected chi connectivity index (χ4v) is 4.35. The van der Waals surface area contributed by atoms with E-state index in [4.69, 9.17) is 4.74 Å². The molecule has 0 spiro atoms. The number of ether oxygens (including phenoxy) is 1. The van der Waals surface area contributed by atoms with Crippen molar-refractivity contribution in [3.05, 3.63) is 90.0 Å². The number of carbonyl (C=O) groups is 1. The highest BCUT2D eigenvalue weighted by Crippen LogP contribution is 2.31. The van der Waals surface area contributed by atoms with E-state index in [9.17, 15) is 26.4 Å². The summed E-state index contributed by atoms with van der Waals surface area (Å²) in [6.07, 6.45) is -0.426. The minimum absolute atomic E-state index is 0.328. The molecule has 3 rings (SSSR count). The Hall–Kier alpha value is -3.18. The molecule has 0 radical (unpaired) electrons. The average molecular weight is 554 g/mol. The van der Waals surface area contributed by atoms with E-state index >= 15 is 0 Å². The Morgan fingerprint density at radius 3 is 1.78 bits per heavy atom. The predicted molar refractivity (Wildman–Crippen MR) is 135 cm³/mol. The van der Waals surface area contributed by atoms with Crippen LogP contribution in [0, 0.1) is 0 Å². The first-order valence-electron chi connectivity index (χ1n) is 11.1. The average Bonchev–Trinajstić information content (AvgIpc) is 2.80. The van der Waals surface area contributed by atoms with Crippen LogP contribution in [0.5, 0.6) is 5.75 Å². The first-order chi connectivity index (χ1) is 17.2. The fraction of sp³-hybridized carbons (Fsp3) is 0.269. The number of carbonyl (C=O) groups excluding carboxylic acids is 1. The summed E-state index contributed by atoms with van der Waals surface area (Å²) in [7, 11) is -5.72. The van der Waals surface area contributed by atoms with Gasteiger partial charge in [0.05, 0.1) is 0 Å². The molecule has 11 heteroatoms. The molecular weight excluding hydrogens is 527 g/mol. The van der Waals surface area contributed by atoms with Gasteiger partial charge in [-0.3, -0.25) is 4.90 Å². The quantitative estimate of drug-likeness (QED) is 0.221. The lowest BCUT2D eigenvalue weighted by Gasteiger charge is -2.27. The third kappa shape index (κ3) is 8.71. The number of halogens is 3. The van der Waals surface area contributed by atoms with Gasteiger partial charge in [0, 0.05) is 22.9 Å². The number of nitrogens with zero attached hydrogens (tertiary/aromatic N) is 1. The molecule has 0 fully saturated rings. The Morgan fingerprint density at radius 1 is 0.811 bits per heavy atom. The van der Waals surface area contributed by atoms with Crippen LogP contribution in [-0.4, -0.2) is 30.5 Å². The van der Waals surface area contributed by atoms with Crippen molar-refractivity contribution in [3.63, 3.8) is 0 Å². The third-order valence-electron chi connectivity index (χ3n) is 4.71. The molecular formula is C26H26F3NO5S2. The van der Waals surface area contributed by atoms with Crippen molar-refractivity contribution in [2.75, 3.05) is 0 Å². The van der Waals surface area contributed by atoms with Gasteiger partial charge < -0.3 is 8.92 Å². The lowest BCUT2D eigenvalue weighted by Crippen LogP contribution is -2.36. The molecule has 6 nitrogen and oxygen atoms in total. The van der Waals surface area contributed by atoms with E-state index in [-0.39, 0.29) is 0 Å². The van der Waals surface area contributed by atoms with E-state index in [1.54, 1.807) is 4.90 Å². The predicted octanol–water partition coefficient (Wildman–Crippen LogP) is 7.00. The summed E-state index contributed by atoms with van der Waals surface area (Å²) >= 11 is 1.33.